The topological polar surface area (TPSA) is 67.2 Å². The fourth-order valence-corrected chi connectivity index (χ4v) is 2.31. The van der Waals surface area contributed by atoms with Gasteiger partial charge < -0.3 is 10.6 Å². The van der Waals surface area contributed by atoms with Crippen LogP contribution < -0.4 is 10.6 Å². The molecule has 18 heavy (non-hydrogen) atoms. The van der Waals surface area contributed by atoms with E-state index < -0.39 is 0 Å². The molecule has 5 heteroatoms. The van der Waals surface area contributed by atoms with E-state index in [1.807, 2.05) is 19.1 Å². The van der Waals surface area contributed by atoms with Crippen molar-refractivity contribution < 1.29 is 4.92 Å². The van der Waals surface area contributed by atoms with E-state index in [1.54, 1.807) is 6.07 Å². The molecule has 1 unspecified atom stereocenters. The molecule has 1 aromatic rings. The van der Waals surface area contributed by atoms with Crippen LogP contribution in [0.1, 0.15) is 25.3 Å². The fraction of sp³-hybridized carbons (Fsp3) is 0.538. The summed E-state index contributed by atoms with van der Waals surface area (Å²) in [6.45, 7) is 3.82. The maximum Gasteiger partial charge on any atom is 0.274 e. The minimum atomic E-state index is -0.308. The highest BCUT2D eigenvalue weighted by Crippen LogP contribution is 2.23. The Morgan fingerprint density at radius 3 is 3.00 bits per heavy atom. The summed E-state index contributed by atoms with van der Waals surface area (Å²) in [4.78, 5) is 10.7. The van der Waals surface area contributed by atoms with Crippen LogP contribution in [0, 0.1) is 10.1 Å². The molecule has 2 N–H and O–H groups in total. The molecule has 0 saturated carbocycles. The Morgan fingerprint density at radius 2 is 2.39 bits per heavy atom. The monoisotopic (exact) mass is 249 g/mol. The maximum absolute atomic E-state index is 11.0. The minimum Gasteiger partial charge on any atom is -0.383 e. The summed E-state index contributed by atoms with van der Waals surface area (Å²) in [6, 6.07) is 5.87. The number of nitro benzene ring substituents is 1. The maximum atomic E-state index is 11.0. The van der Waals surface area contributed by atoms with Crippen LogP contribution in [0.4, 0.5) is 11.4 Å². The van der Waals surface area contributed by atoms with E-state index >= 15 is 0 Å². The molecule has 1 aliphatic rings. The van der Waals surface area contributed by atoms with Gasteiger partial charge in [0.1, 0.15) is 0 Å². The molecule has 1 fully saturated rings. The smallest absolute Gasteiger partial charge is 0.274 e. The van der Waals surface area contributed by atoms with Gasteiger partial charge in [-0.3, -0.25) is 10.1 Å². The third-order valence-electron chi connectivity index (χ3n) is 3.38. The second-order valence-corrected chi connectivity index (χ2v) is 4.63. The van der Waals surface area contributed by atoms with Gasteiger partial charge in [-0.1, -0.05) is 13.0 Å². The molecule has 0 aromatic heterocycles. The molecule has 0 bridgehead atoms. The van der Waals surface area contributed by atoms with Crippen LogP contribution in [0.3, 0.4) is 0 Å². The van der Waals surface area contributed by atoms with Gasteiger partial charge in [-0.2, -0.15) is 0 Å². The Bertz CT molecular complexity index is 428. The number of aryl methyl sites for hydroxylation is 1. The molecule has 1 heterocycles. The van der Waals surface area contributed by atoms with Crippen molar-refractivity contribution in [2.45, 2.75) is 32.2 Å². The predicted octanol–water partition coefficient (Wildman–Crippen LogP) is 2.32. The van der Waals surface area contributed by atoms with Gasteiger partial charge in [-0.05, 0) is 31.9 Å². The van der Waals surface area contributed by atoms with Crippen LogP contribution in [0.2, 0.25) is 0 Å². The number of anilines is 1. The van der Waals surface area contributed by atoms with Crippen LogP contribution in [0.25, 0.3) is 0 Å². The van der Waals surface area contributed by atoms with Crippen LogP contribution >= 0.6 is 0 Å². The number of nitro groups is 1. The van der Waals surface area contributed by atoms with Crippen LogP contribution in [0.15, 0.2) is 18.2 Å². The molecule has 1 aromatic carbocycles. The molecule has 98 valence electrons. The second-order valence-electron chi connectivity index (χ2n) is 4.63. The number of nitrogens with one attached hydrogen (secondary N) is 2. The minimum absolute atomic E-state index is 0.210. The van der Waals surface area contributed by atoms with Crippen molar-refractivity contribution in [2.24, 2.45) is 0 Å². The normalized spacial score (nSPS) is 18.8. The Labute approximate surface area is 107 Å². The zero-order valence-electron chi connectivity index (χ0n) is 10.6. The van der Waals surface area contributed by atoms with Crippen molar-refractivity contribution in [3.05, 3.63) is 33.9 Å². The first-order valence-corrected chi connectivity index (χ1v) is 6.45. The van der Waals surface area contributed by atoms with E-state index in [0.717, 1.165) is 24.3 Å². The SMILES string of the molecule is CCc1ccc(NCC2CCCN2)cc1[N+](=O)[O-]. The number of hydrogen-bond acceptors (Lipinski definition) is 4. The van der Waals surface area contributed by atoms with Gasteiger partial charge in [0.05, 0.1) is 4.92 Å². The van der Waals surface area contributed by atoms with E-state index in [0.29, 0.717) is 12.5 Å². The summed E-state index contributed by atoms with van der Waals surface area (Å²) in [7, 11) is 0. The Morgan fingerprint density at radius 1 is 1.56 bits per heavy atom. The Hall–Kier alpha value is -1.62. The van der Waals surface area contributed by atoms with E-state index in [4.69, 9.17) is 0 Å². The molecule has 1 aliphatic heterocycles. The largest absolute Gasteiger partial charge is 0.383 e. The van der Waals surface area contributed by atoms with Gasteiger partial charge in [-0.25, -0.2) is 0 Å². The van der Waals surface area contributed by atoms with Gasteiger partial charge >= 0.3 is 0 Å². The first-order valence-electron chi connectivity index (χ1n) is 6.45. The lowest BCUT2D eigenvalue weighted by Gasteiger charge is -2.13. The van der Waals surface area contributed by atoms with E-state index in [9.17, 15) is 10.1 Å². The lowest BCUT2D eigenvalue weighted by atomic mass is 10.1. The summed E-state index contributed by atoms with van der Waals surface area (Å²) in [5.41, 5.74) is 1.82. The molecule has 5 nitrogen and oxygen atoms in total. The predicted molar refractivity (Wildman–Crippen MR) is 72.0 cm³/mol. The van der Waals surface area contributed by atoms with Crippen molar-refractivity contribution in [3.63, 3.8) is 0 Å². The zero-order chi connectivity index (χ0) is 13.0. The van der Waals surface area contributed by atoms with Crippen LogP contribution in [0.5, 0.6) is 0 Å². The average molecular weight is 249 g/mol. The number of hydrogen-bond donors (Lipinski definition) is 2. The molecule has 0 amide bonds. The van der Waals surface area contributed by atoms with Crippen LogP contribution in [-0.2, 0) is 6.42 Å². The third-order valence-corrected chi connectivity index (χ3v) is 3.38. The van der Waals surface area contributed by atoms with Crippen molar-refractivity contribution in [2.75, 3.05) is 18.4 Å². The lowest BCUT2D eigenvalue weighted by Crippen LogP contribution is -2.29. The molecule has 1 saturated heterocycles. The highest BCUT2D eigenvalue weighted by atomic mass is 16.6. The van der Waals surface area contributed by atoms with E-state index in [1.165, 1.54) is 12.8 Å². The summed E-state index contributed by atoms with van der Waals surface area (Å²) in [5, 5.41) is 17.6. The van der Waals surface area contributed by atoms with E-state index in [-0.39, 0.29) is 10.6 Å². The molecular formula is C13H19N3O2. The number of benzene rings is 1. The summed E-state index contributed by atoms with van der Waals surface area (Å²) >= 11 is 0. The van der Waals surface area contributed by atoms with Crippen molar-refractivity contribution >= 4 is 11.4 Å². The lowest BCUT2D eigenvalue weighted by molar-refractivity contribution is -0.385. The molecule has 0 radical (unpaired) electrons. The summed E-state index contributed by atoms with van der Waals surface area (Å²) < 4.78 is 0. The first kappa shape index (κ1) is 12.8. The van der Waals surface area contributed by atoms with Crippen molar-refractivity contribution in [3.8, 4) is 0 Å². The molecule has 1 atom stereocenters. The molecular weight excluding hydrogens is 230 g/mol. The zero-order valence-corrected chi connectivity index (χ0v) is 10.6. The Kier molecular flexibility index (Phi) is 4.15. The third kappa shape index (κ3) is 2.98. The summed E-state index contributed by atoms with van der Waals surface area (Å²) in [5.74, 6) is 0. The second kappa shape index (κ2) is 5.82. The molecule has 0 spiro atoms. The van der Waals surface area contributed by atoms with Gasteiger partial charge in [0.25, 0.3) is 5.69 Å². The molecule has 2 rings (SSSR count). The highest BCUT2D eigenvalue weighted by molar-refractivity contribution is 5.55. The Balaban J connectivity index is 2.04. The van der Waals surface area contributed by atoms with Crippen molar-refractivity contribution in [1.82, 2.24) is 5.32 Å². The summed E-state index contributed by atoms with van der Waals surface area (Å²) in [6.07, 6.45) is 3.06. The highest BCUT2D eigenvalue weighted by Gasteiger charge is 2.15. The van der Waals surface area contributed by atoms with Crippen molar-refractivity contribution in [1.29, 1.82) is 0 Å². The van der Waals surface area contributed by atoms with Gasteiger partial charge in [0, 0.05) is 29.9 Å². The van der Waals surface area contributed by atoms with Gasteiger partial charge in [0.2, 0.25) is 0 Å². The standard InChI is InChI=1S/C13H19N3O2/c1-2-10-5-6-11(8-13(10)16(17)18)15-9-12-4-3-7-14-12/h5-6,8,12,14-15H,2-4,7,9H2,1H3. The number of rotatable bonds is 5. The first-order chi connectivity index (χ1) is 8.70. The van der Waals surface area contributed by atoms with Gasteiger partial charge in [0.15, 0.2) is 0 Å². The average Bonchev–Trinajstić information content (AvgIpc) is 2.89. The number of nitrogens with zero attached hydrogens (tertiary/aromatic N) is 1. The van der Waals surface area contributed by atoms with Gasteiger partial charge in [-0.15, -0.1) is 0 Å². The van der Waals surface area contributed by atoms with E-state index in [2.05, 4.69) is 10.6 Å². The van der Waals surface area contributed by atoms with Crippen LogP contribution in [-0.4, -0.2) is 24.1 Å². The molecule has 0 aliphatic carbocycles. The quantitative estimate of drug-likeness (QED) is 0.620. The fourth-order valence-electron chi connectivity index (χ4n) is 2.31.